The fourth-order valence-electron chi connectivity index (χ4n) is 3.17. The van der Waals surface area contributed by atoms with Crippen LogP contribution in [0.1, 0.15) is 24.0 Å². The summed E-state index contributed by atoms with van der Waals surface area (Å²) in [5, 5.41) is 3.35. The van der Waals surface area contributed by atoms with Gasteiger partial charge in [0.25, 0.3) is 0 Å². The van der Waals surface area contributed by atoms with Gasteiger partial charge >= 0.3 is 0 Å². The molecule has 3 rings (SSSR count). The molecule has 0 radical (unpaired) electrons. The average molecular weight is 288 g/mol. The monoisotopic (exact) mass is 288 g/mol. The topological polar surface area (TPSA) is 58.6 Å². The Bertz CT molecular complexity index is 585. The van der Waals surface area contributed by atoms with E-state index in [2.05, 4.69) is 17.4 Å². The zero-order valence-corrected chi connectivity index (χ0v) is 12.4. The molecule has 2 amide bonds. The molecule has 0 bridgehead atoms. The fourth-order valence-corrected chi connectivity index (χ4v) is 3.17. The standard InChI is InChI=1S/C16H20N2O3/c1-18-15(19)9-14(16(18)20)17-12-5-3-10-4-6-13(21-2)8-11(10)7-12/h4,6,8,12,14,17H,3,5,7,9H2,1-2H3. The van der Waals surface area contributed by atoms with Crippen LogP contribution in [0.5, 0.6) is 5.75 Å². The number of hydrogen-bond donors (Lipinski definition) is 1. The number of nitrogens with one attached hydrogen (secondary N) is 1. The minimum absolute atomic E-state index is 0.102. The highest BCUT2D eigenvalue weighted by Crippen LogP contribution is 2.26. The molecule has 5 heteroatoms. The second kappa shape index (κ2) is 5.48. The maximum atomic E-state index is 12.0. The van der Waals surface area contributed by atoms with Gasteiger partial charge in [-0.25, -0.2) is 0 Å². The molecule has 1 N–H and O–H groups in total. The van der Waals surface area contributed by atoms with Crippen LogP contribution in [-0.4, -0.2) is 43.0 Å². The van der Waals surface area contributed by atoms with E-state index in [1.54, 1.807) is 14.2 Å². The summed E-state index contributed by atoms with van der Waals surface area (Å²) in [5.74, 6) is 0.646. The normalized spacial score (nSPS) is 25.1. The van der Waals surface area contributed by atoms with Crippen LogP contribution < -0.4 is 10.1 Å². The lowest BCUT2D eigenvalue weighted by atomic mass is 9.87. The van der Waals surface area contributed by atoms with Crippen molar-refractivity contribution in [1.29, 1.82) is 0 Å². The van der Waals surface area contributed by atoms with Crippen molar-refractivity contribution in [3.63, 3.8) is 0 Å². The second-order valence-corrected chi connectivity index (χ2v) is 5.79. The zero-order valence-electron chi connectivity index (χ0n) is 12.4. The highest BCUT2D eigenvalue weighted by molar-refractivity contribution is 6.05. The number of carbonyl (C=O) groups excluding carboxylic acids is 2. The van der Waals surface area contributed by atoms with Gasteiger partial charge in [-0.2, -0.15) is 0 Å². The Kier molecular flexibility index (Phi) is 3.68. The van der Waals surface area contributed by atoms with Crippen molar-refractivity contribution in [2.24, 2.45) is 0 Å². The van der Waals surface area contributed by atoms with E-state index in [-0.39, 0.29) is 30.3 Å². The number of ether oxygens (including phenoxy) is 1. The van der Waals surface area contributed by atoms with Crippen molar-refractivity contribution in [2.45, 2.75) is 37.8 Å². The van der Waals surface area contributed by atoms with Crippen molar-refractivity contribution in [3.8, 4) is 5.75 Å². The van der Waals surface area contributed by atoms with Crippen LogP contribution >= 0.6 is 0 Å². The predicted molar refractivity (Wildman–Crippen MR) is 78.1 cm³/mol. The van der Waals surface area contributed by atoms with E-state index in [9.17, 15) is 9.59 Å². The van der Waals surface area contributed by atoms with Gasteiger partial charge in [0.05, 0.1) is 19.6 Å². The molecule has 1 aromatic carbocycles. The Morgan fingerprint density at radius 1 is 1.24 bits per heavy atom. The van der Waals surface area contributed by atoms with Crippen LogP contribution in [0.2, 0.25) is 0 Å². The summed E-state index contributed by atoms with van der Waals surface area (Å²) in [5.41, 5.74) is 2.61. The summed E-state index contributed by atoms with van der Waals surface area (Å²) in [6, 6.07) is 6.04. The molecule has 2 atom stereocenters. The van der Waals surface area contributed by atoms with Crippen LogP contribution in [0.15, 0.2) is 18.2 Å². The molecule has 0 saturated carbocycles. The molecule has 2 aliphatic rings. The van der Waals surface area contributed by atoms with Crippen LogP contribution in [-0.2, 0) is 22.4 Å². The van der Waals surface area contributed by atoms with Crippen LogP contribution in [0.4, 0.5) is 0 Å². The van der Waals surface area contributed by atoms with E-state index >= 15 is 0 Å². The number of rotatable bonds is 3. The van der Waals surface area contributed by atoms with Gasteiger partial charge in [0, 0.05) is 13.1 Å². The lowest BCUT2D eigenvalue weighted by Gasteiger charge is -2.27. The molecule has 2 unspecified atom stereocenters. The summed E-state index contributed by atoms with van der Waals surface area (Å²) in [7, 11) is 3.21. The molecule has 1 fully saturated rings. The number of benzene rings is 1. The van der Waals surface area contributed by atoms with Crippen molar-refractivity contribution in [1.82, 2.24) is 10.2 Å². The van der Waals surface area contributed by atoms with Crippen molar-refractivity contribution in [2.75, 3.05) is 14.2 Å². The number of imide groups is 1. The first kappa shape index (κ1) is 14.1. The fraction of sp³-hybridized carbons (Fsp3) is 0.500. The minimum Gasteiger partial charge on any atom is -0.497 e. The number of methoxy groups -OCH3 is 1. The molecule has 21 heavy (non-hydrogen) atoms. The lowest BCUT2D eigenvalue weighted by Crippen LogP contribution is -2.45. The number of aryl methyl sites for hydroxylation is 1. The molecule has 5 nitrogen and oxygen atoms in total. The maximum Gasteiger partial charge on any atom is 0.246 e. The van der Waals surface area contributed by atoms with Gasteiger partial charge in [-0.05, 0) is 42.5 Å². The third-order valence-electron chi connectivity index (χ3n) is 4.46. The SMILES string of the molecule is COc1ccc2c(c1)CC(NC1CC(=O)N(C)C1=O)CC2. The molecule has 1 aromatic rings. The van der Waals surface area contributed by atoms with Crippen molar-refractivity contribution >= 4 is 11.8 Å². The van der Waals surface area contributed by atoms with E-state index in [1.807, 2.05) is 6.07 Å². The molecule has 0 spiro atoms. The predicted octanol–water partition coefficient (Wildman–Crippen LogP) is 0.899. The minimum atomic E-state index is -0.361. The number of likely N-dealkylation sites (N-methyl/N-ethyl adjacent to an activating group) is 1. The zero-order chi connectivity index (χ0) is 15.0. The second-order valence-electron chi connectivity index (χ2n) is 5.79. The van der Waals surface area contributed by atoms with Gasteiger partial charge in [-0.3, -0.25) is 14.5 Å². The summed E-state index contributed by atoms with van der Waals surface area (Å²) in [6.07, 6.45) is 3.12. The van der Waals surface area contributed by atoms with E-state index in [1.165, 1.54) is 16.0 Å². The first-order chi connectivity index (χ1) is 10.1. The van der Waals surface area contributed by atoms with E-state index in [4.69, 9.17) is 4.74 Å². The first-order valence-electron chi connectivity index (χ1n) is 7.30. The number of nitrogens with zero attached hydrogens (tertiary/aromatic N) is 1. The highest BCUT2D eigenvalue weighted by Gasteiger charge is 2.37. The number of amides is 2. The Morgan fingerprint density at radius 3 is 2.71 bits per heavy atom. The molecule has 1 aliphatic carbocycles. The van der Waals surface area contributed by atoms with E-state index in [0.29, 0.717) is 0 Å². The molecular formula is C16H20N2O3. The Hall–Kier alpha value is -1.88. The van der Waals surface area contributed by atoms with Crippen LogP contribution in [0.25, 0.3) is 0 Å². The van der Waals surface area contributed by atoms with Gasteiger partial charge in [-0.1, -0.05) is 6.07 Å². The third kappa shape index (κ3) is 2.65. The van der Waals surface area contributed by atoms with Gasteiger partial charge < -0.3 is 10.1 Å². The van der Waals surface area contributed by atoms with Crippen LogP contribution in [0.3, 0.4) is 0 Å². The third-order valence-corrected chi connectivity index (χ3v) is 4.46. The first-order valence-corrected chi connectivity index (χ1v) is 7.30. The van der Waals surface area contributed by atoms with Crippen LogP contribution in [0, 0.1) is 0 Å². The lowest BCUT2D eigenvalue weighted by molar-refractivity contribution is -0.137. The van der Waals surface area contributed by atoms with E-state index in [0.717, 1.165) is 25.0 Å². The van der Waals surface area contributed by atoms with Gasteiger partial charge in [0.1, 0.15) is 5.75 Å². The number of likely N-dealkylation sites (tertiary alicyclic amines) is 1. The average Bonchev–Trinajstić information content (AvgIpc) is 2.74. The highest BCUT2D eigenvalue weighted by atomic mass is 16.5. The summed E-state index contributed by atoms with van der Waals surface area (Å²) >= 11 is 0. The Morgan fingerprint density at radius 2 is 2.05 bits per heavy atom. The summed E-state index contributed by atoms with van der Waals surface area (Å²) in [6.45, 7) is 0. The Labute approximate surface area is 124 Å². The van der Waals surface area contributed by atoms with E-state index < -0.39 is 0 Å². The Balaban J connectivity index is 1.69. The summed E-state index contributed by atoms with van der Waals surface area (Å²) in [4.78, 5) is 24.7. The molecule has 112 valence electrons. The summed E-state index contributed by atoms with van der Waals surface area (Å²) < 4.78 is 5.27. The van der Waals surface area contributed by atoms with Gasteiger partial charge in [-0.15, -0.1) is 0 Å². The molecule has 1 heterocycles. The number of carbonyl (C=O) groups is 2. The quantitative estimate of drug-likeness (QED) is 0.840. The van der Waals surface area contributed by atoms with Crippen molar-refractivity contribution in [3.05, 3.63) is 29.3 Å². The largest absolute Gasteiger partial charge is 0.497 e. The number of fused-ring (bicyclic) bond motifs is 1. The maximum absolute atomic E-state index is 12.0. The van der Waals surface area contributed by atoms with Crippen molar-refractivity contribution < 1.29 is 14.3 Å². The number of hydrogen-bond acceptors (Lipinski definition) is 4. The van der Waals surface area contributed by atoms with Gasteiger partial charge in [0.2, 0.25) is 11.8 Å². The molecule has 1 saturated heterocycles. The molecule has 0 aromatic heterocycles. The molecular weight excluding hydrogens is 268 g/mol. The molecule has 1 aliphatic heterocycles. The van der Waals surface area contributed by atoms with Gasteiger partial charge in [0.15, 0.2) is 0 Å². The smallest absolute Gasteiger partial charge is 0.246 e.